The fraction of sp³-hybridized carbons (Fsp3) is 0.948. The van der Waals surface area contributed by atoms with Crippen molar-refractivity contribution in [3.63, 3.8) is 0 Å². The monoisotopic (exact) mass is 859 g/mol. The summed E-state index contributed by atoms with van der Waals surface area (Å²) in [4.78, 5) is 12.1. The van der Waals surface area contributed by atoms with Crippen LogP contribution < -0.4 is 0 Å². The van der Waals surface area contributed by atoms with E-state index < -0.39 is 0 Å². The Labute approximate surface area is 385 Å². The van der Waals surface area contributed by atoms with E-state index in [1.165, 1.54) is 308 Å². The summed E-state index contributed by atoms with van der Waals surface area (Å²) in [6.45, 7) is 3.29. The van der Waals surface area contributed by atoms with Gasteiger partial charge in [0.25, 0.3) is 0 Å². The number of carbonyl (C=O) groups excluding carboxylic acids is 1. The molecule has 1 N–H and O–H groups in total. The van der Waals surface area contributed by atoms with Gasteiger partial charge in [-0.1, -0.05) is 302 Å². The number of unbranched alkanes of at least 4 members (excludes halogenated alkanes) is 48. The lowest BCUT2D eigenvalue weighted by atomic mass is 10.0. The van der Waals surface area contributed by atoms with Gasteiger partial charge in [0.15, 0.2) is 0 Å². The van der Waals surface area contributed by atoms with Crippen molar-refractivity contribution in [3.8, 4) is 0 Å². The van der Waals surface area contributed by atoms with Crippen LogP contribution >= 0.6 is 0 Å². The van der Waals surface area contributed by atoms with Crippen LogP contribution in [0.5, 0.6) is 0 Å². The molecule has 0 unspecified atom stereocenters. The number of hydrogen-bond donors (Lipinski definition) is 1. The molecule has 0 heterocycles. The van der Waals surface area contributed by atoms with E-state index in [1.54, 1.807) is 0 Å². The van der Waals surface area contributed by atoms with Crippen molar-refractivity contribution in [2.24, 2.45) is 0 Å². The fourth-order valence-electron chi connectivity index (χ4n) is 9.18. The molecule has 0 aromatic carbocycles. The molecule has 0 aromatic heterocycles. The van der Waals surface area contributed by atoms with E-state index in [2.05, 4.69) is 19.1 Å². The van der Waals surface area contributed by atoms with Gasteiger partial charge in [-0.15, -0.1) is 0 Å². The van der Waals surface area contributed by atoms with Crippen LogP contribution in [0, 0.1) is 0 Å². The first-order valence-corrected chi connectivity index (χ1v) is 28.7. The molecule has 0 fully saturated rings. The normalized spacial score (nSPS) is 11.7. The molecule has 0 saturated carbocycles. The molecule has 0 radical (unpaired) electrons. The van der Waals surface area contributed by atoms with Crippen LogP contribution in [0.3, 0.4) is 0 Å². The lowest BCUT2D eigenvalue weighted by Crippen LogP contribution is -2.05. The Bertz CT molecular complexity index is 807. The summed E-state index contributed by atoms with van der Waals surface area (Å²) in [5.74, 6) is 0.0287. The molecule has 3 nitrogen and oxygen atoms in total. The number of aliphatic hydroxyl groups excluding tert-OH is 1. The number of carbonyl (C=O) groups is 1. The SMILES string of the molecule is CCCCCCCCC=CCCCCCCCCCCCCCC(=O)OCCCCCCCCCCCCCCCCCCCCCCCCCCCCCCCCCCO. The predicted molar refractivity (Wildman–Crippen MR) is 273 cm³/mol. The maximum absolute atomic E-state index is 12.1. The second kappa shape index (κ2) is 57.2. The minimum absolute atomic E-state index is 0.0287. The summed E-state index contributed by atoms with van der Waals surface area (Å²) >= 11 is 0. The summed E-state index contributed by atoms with van der Waals surface area (Å²) in [5.41, 5.74) is 0. The molecule has 3 heteroatoms. The van der Waals surface area contributed by atoms with Gasteiger partial charge < -0.3 is 9.84 Å². The number of esters is 1. The molecule has 0 rings (SSSR count). The van der Waals surface area contributed by atoms with E-state index in [0.29, 0.717) is 19.6 Å². The molecule has 364 valence electrons. The van der Waals surface area contributed by atoms with Crippen molar-refractivity contribution in [1.29, 1.82) is 0 Å². The first-order valence-electron chi connectivity index (χ1n) is 28.7. The number of rotatable bonds is 55. The quantitative estimate of drug-likeness (QED) is 0.0377. The first-order chi connectivity index (χ1) is 30.3. The number of ether oxygens (including phenoxy) is 1. The number of hydrogen-bond acceptors (Lipinski definition) is 3. The van der Waals surface area contributed by atoms with Gasteiger partial charge in [0, 0.05) is 13.0 Å². The van der Waals surface area contributed by atoms with Crippen LogP contribution in [0.25, 0.3) is 0 Å². The lowest BCUT2D eigenvalue weighted by Gasteiger charge is -2.06. The van der Waals surface area contributed by atoms with E-state index in [1.807, 2.05) is 0 Å². The summed E-state index contributed by atoms with van der Waals surface area (Å²) < 4.78 is 5.51. The van der Waals surface area contributed by atoms with Crippen molar-refractivity contribution in [2.75, 3.05) is 13.2 Å². The van der Waals surface area contributed by atoms with Crippen LogP contribution in [-0.4, -0.2) is 24.3 Å². The van der Waals surface area contributed by atoms with E-state index >= 15 is 0 Å². The number of aliphatic hydroxyl groups is 1. The van der Waals surface area contributed by atoms with Gasteiger partial charge in [-0.25, -0.2) is 0 Å². The van der Waals surface area contributed by atoms with Crippen LogP contribution in [-0.2, 0) is 9.53 Å². The molecule has 0 aromatic rings. The minimum atomic E-state index is 0.0287. The van der Waals surface area contributed by atoms with Gasteiger partial charge in [-0.2, -0.15) is 0 Å². The van der Waals surface area contributed by atoms with Crippen LogP contribution in [0.4, 0.5) is 0 Å². The topological polar surface area (TPSA) is 46.5 Å². The minimum Gasteiger partial charge on any atom is -0.466 e. The van der Waals surface area contributed by atoms with E-state index in [9.17, 15) is 4.79 Å². The third-order valence-corrected chi connectivity index (χ3v) is 13.5. The Morgan fingerprint density at radius 2 is 0.541 bits per heavy atom. The van der Waals surface area contributed by atoms with Gasteiger partial charge in [0.1, 0.15) is 0 Å². The smallest absolute Gasteiger partial charge is 0.305 e. The average Bonchev–Trinajstić information content (AvgIpc) is 3.27. The highest BCUT2D eigenvalue weighted by atomic mass is 16.5. The third-order valence-electron chi connectivity index (χ3n) is 13.5. The van der Waals surface area contributed by atoms with Crippen LogP contribution in [0.15, 0.2) is 12.2 Å². The second-order valence-corrected chi connectivity index (χ2v) is 19.7. The summed E-state index contributed by atoms with van der Waals surface area (Å²) in [6, 6.07) is 0. The van der Waals surface area contributed by atoms with Crippen molar-refractivity contribution in [2.45, 2.75) is 341 Å². The van der Waals surface area contributed by atoms with E-state index in [-0.39, 0.29) is 5.97 Å². The molecule has 0 aliphatic heterocycles. The Balaban J connectivity index is 3.15. The summed E-state index contributed by atoms with van der Waals surface area (Å²) in [6.07, 6.45) is 75.4. The Hall–Kier alpha value is -0.830. The predicted octanol–water partition coefficient (Wildman–Crippen LogP) is 20.4. The molecule has 0 aliphatic carbocycles. The number of allylic oxidation sites excluding steroid dienone is 2. The van der Waals surface area contributed by atoms with Gasteiger partial charge in [-0.3, -0.25) is 4.79 Å². The molecule has 0 amide bonds. The maximum Gasteiger partial charge on any atom is 0.305 e. The van der Waals surface area contributed by atoms with Crippen molar-refractivity contribution >= 4 is 5.97 Å². The van der Waals surface area contributed by atoms with Crippen molar-refractivity contribution in [3.05, 3.63) is 12.2 Å². The highest BCUT2D eigenvalue weighted by Gasteiger charge is 2.03. The van der Waals surface area contributed by atoms with Crippen molar-refractivity contribution in [1.82, 2.24) is 0 Å². The molecular formula is C58H114O3. The van der Waals surface area contributed by atoms with Gasteiger partial charge in [0.2, 0.25) is 0 Å². The highest BCUT2D eigenvalue weighted by molar-refractivity contribution is 5.69. The third kappa shape index (κ3) is 57.2. The Morgan fingerprint density at radius 3 is 0.820 bits per heavy atom. The van der Waals surface area contributed by atoms with E-state index in [0.717, 1.165) is 19.3 Å². The zero-order valence-corrected chi connectivity index (χ0v) is 42.1. The first kappa shape index (κ1) is 60.2. The molecule has 0 spiro atoms. The maximum atomic E-state index is 12.1. The lowest BCUT2D eigenvalue weighted by molar-refractivity contribution is -0.143. The fourth-order valence-corrected chi connectivity index (χ4v) is 9.18. The molecule has 0 saturated heterocycles. The molecule has 0 bridgehead atoms. The highest BCUT2D eigenvalue weighted by Crippen LogP contribution is 2.18. The average molecular weight is 860 g/mol. The molecule has 0 atom stereocenters. The Morgan fingerprint density at radius 1 is 0.311 bits per heavy atom. The van der Waals surface area contributed by atoms with Crippen LogP contribution in [0.1, 0.15) is 341 Å². The molecule has 61 heavy (non-hydrogen) atoms. The standard InChI is InChI=1S/C58H114O3/c1-2-3-4-5-6-7-8-9-10-11-12-25-28-31-34-37-40-43-46-49-52-55-58(60)61-57-54-51-48-45-42-39-36-33-30-27-24-22-20-18-16-14-13-15-17-19-21-23-26-29-32-35-38-41-44-47-50-53-56-59/h9-10,59H,2-8,11-57H2,1H3. The molecular weight excluding hydrogens is 745 g/mol. The zero-order chi connectivity index (χ0) is 43.9. The largest absolute Gasteiger partial charge is 0.466 e. The summed E-state index contributed by atoms with van der Waals surface area (Å²) in [5, 5.41) is 8.82. The Kier molecular flexibility index (Phi) is 56.4. The van der Waals surface area contributed by atoms with E-state index in [4.69, 9.17) is 9.84 Å². The summed E-state index contributed by atoms with van der Waals surface area (Å²) in [7, 11) is 0. The van der Waals surface area contributed by atoms with Crippen LogP contribution in [0.2, 0.25) is 0 Å². The van der Waals surface area contributed by atoms with Gasteiger partial charge >= 0.3 is 5.97 Å². The molecule has 0 aliphatic rings. The van der Waals surface area contributed by atoms with Gasteiger partial charge in [-0.05, 0) is 44.9 Å². The van der Waals surface area contributed by atoms with Crippen molar-refractivity contribution < 1.29 is 14.6 Å². The van der Waals surface area contributed by atoms with Gasteiger partial charge in [0.05, 0.1) is 6.61 Å². The second-order valence-electron chi connectivity index (χ2n) is 19.7. The zero-order valence-electron chi connectivity index (χ0n) is 42.1.